The molecule has 2 aliphatic carbocycles. The molecule has 6 aromatic rings. The number of hydrogen-bond donors (Lipinski definition) is 7. The number of aromatic nitrogens is 6. The van der Waals surface area contributed by atoms with E-state index >= 15 is 0 Å². The molecule has 376 valence electrons. The smallest absolute Gasteiger partial charge is 0.408 e. The van der Waals surface area contributed by atoms with Crippen molar-refractivity contribution in [2.24, 2.45) is 11.8 Å². The lowest BCUT2D eigenvalue weighted by atomic mass is 10.1. The quantitative estimate of drug-likeness (QED) is 0.0378. The van der Waals surface area contributed by atoms with Gasteiger partial charge in [-0.1, -0.05) is 28.1 Å². The number of alkyl halides is 7. The topological polar surface area (TPSA) is 231 Å². The van der Waals surface area contributed by atoms with Crippen molar-refractivity contribution < 1.29 is 55.0 Å². The number of hydrogen-bond acceptors (Lipinski definition) is 12. The third-order valence-corrected chi connectivity index (χ3v) is 11.0. The Bertz CT molecular complexity index is 2840. The van der Waals surface area contributed by atoms with Crippen molar-refractivity contribution in [1.82, 2.24) is 40.6 Å². The van der Waals surface area contributed by atoms with Crippen molar-refractivity contribution in [2.45, 2.75) is 44.6 Å². The lowest BCUT2D eigenvalue weighted by molar-refractivity contribution is -0.142. The van der Waals surface area contributed by atoms with Crippen molar-refractivity contribution in [2.75, 3.05) is 54.9 Å². The van der Waals surface area contributed by atoms with E-state index < -0.39 is 30.1 Å². The van der Waals surface area contributed by atoms with Crippen LogP contribution in [0.1, 0.15) is 46.4 Å². The summed E-state index contributed by atoms with van der Waals surface area (Å²) in [6, 6.07) is 17.1. The highest BCUT2D eigenvalue weighted by Gasteiger charge is 2.32. The first kappa shape index (κ1) is 52.7. The molecule has 7 N–H and O–H groups in total. The van der Waals surface area contributed by atoms with Gasteiger partial charge in [-0.25, -0.2) is 9.97 Å². The van der Waals surface area contributed by atoms with Crippen LogP contribution < -0.4 is 41.4 Å². The van der Waals surface area contributed by atoms with Crippen LogP contribution in [0.15, 0.2) is 85.5 Å². The third-order valence-electron chi connectivity index (χ3n) is 10.3. The van der Waals surface area contributed by atoms with Gasteiger partial charge in [-0.15, -0.1) is 0 Å². The molecule has 71 heavy (non-hydrogen) atoms. The minimum atomic E-state index is -4.40. The first-order valence-corrected chi connectivity index (χ1v) is 22.6. The number of para-hydroxylation sites is 2. The summed E-state index contributed by atoms with van der Waals surface area (Å²) < 4.78 is 82.4. The van der Waals surface area contributed by atoms with Gasteiger partial charge in [0, 0.05) is 74.0 Å². The van der Waals surface area contributed by atoms with Crippen LogP contribution >= 0.6 is 15.9 Å². The number of carbonyl (C=O) groups is 4. The molecule has 0 aliphatic heterocycles. The molecule has 0 atom stereocenters. The van der Waals surface area contributed by atoms with Crippen molar-refractivity contribution >= 4 is 73.9 Å². The molecule has 2 aliphatic rings. The summed E-state index contributed by atoms with van der Waals surface area (Å²) in [7, 11) is 6.03. The number of carbonyl (C=O) groups excluding carboxylic acids is 4. The number of H-pyrrole nitrogens is 1. The molecule has 4 aromatic heterocycles. The summed E-state index contributed by atoms with van der Waals surface area (Å²) in [5.74, 6) is 0.690. The van der Waals surface area contributed by atoms with Gasteiger partial charge in [0.1, 0.15) is 18.2 Å². The summed E-state index contributed by atoms with van der Waals surface area (Å²) >= 11 is 2.24. The van der Waals surface area contributed by atoms with Crippen LogP contribution in [0.4, 0.5) is 60.7 Å². The molecule has 0 spiro atoms. The molecule has 8 rings (SSSR count). The van der Waals surface area contributed by atoms with Crippen LogP contribution in [-0.2, 0) is 16.1 Å². The minimum Gasteiger partial charge on any atom is -0.494 e. The van der Waals surface area contributed by atoms with Crippen LogP contribution in [-0.4, -0.2) is 99.6 Å². The van der Waals surface area contributed by atoms with Crippen LogP contribution in [0.3, 0.4) is 0 Å². The molecule has 18 nitrogen and oxygen atoms in total. The van der Waals surface area contributed by atoms with E-state index in [9.17, 15) is 45.5 Å². The van der Waals surface area contributed by atoms with E-state index in [1.165, 1.54) is 44.9 Å². The summed E-state index contributed by atoms with van der Waals surface area (Å²) in [5.41, 5.74) is 4.86. The number of benzene rings is 2. The summed E-state index contributed by atoms with van der Waals surface area (Å²) in [6.45, 7) is -1.21. The normalized spacial score (nSPS) is 13.0. The van der Waals surface area contributed by atoms with Crippen molar-refractivity contribution in [1.29, 1.82) is 0 Å². The highest BCUT2D eigenvalue weighted by Crippen LogP contribution is 2.40. The largest absolute Gasteiger partial charge is 0.494 e. The Morgan fingerprint density at radius 2 is 1.18 bits per heavy atom. The van der Waals surface area contributed by atoms with Gasteiger partial charge in [0.15, 0.2) is 11.5 Å². The number of amides is 4. The van der Waals surface area contributed by atoms with Crippen LogP contribution in [0.25, 0.3) is 22.5 Å². The van der Waals surface area contributed by atoms with E-state index in [-0.39, 0.29) is 46.6 Å². The fourth-order valence-electron chi connectivity index (χ4n) is 6.63. The summed E-state index contributed by atoms with van der Waals surface area (Å²) in [5, 5.41) is 27.1. The zero-order valence-electron chi connectivity index (χ0n) is 38.3. The first-order chi connectivity index (χ1) is 33.8. The molecule has 4 heterocycles. The maximum Gasteiger partial charge on any atom is 0.408 e. The molecule has 0 unspecified atom stereocenters. The fraction of sp³-hybridized carbons (Fsp3) is 0.304. The van der Waals surface area contributed by atoms with Crippen molar-refractivity contribution in [3.05, 3.63) is 96.6 Å². The van der Waals surface area contributed by atoms with E-state index in [0.29, 0.717) is 51.2 Å². The Kier molecular flexibility index (Phi) is 17.3. The molecule has 0 bridgehead atoms. The SMILES string of the molecule is CNC(=O)c1cnc(NC(=O)C2CC2)cc1Nc1cccc(-c2ccn(CC(F)(F)F)n2)c1OC.CNC(=O)c1cnc(NC(=O)C2CC2)cc1Nc1cccc(-c2ccn[nH]2)c1OC.FC(F)(F)CBr. The predicted octanol–water partition coefficient (Wildman–Crippen LogP) is 8.84. The van der Waals surface area contributed by atoms with Crippen molar-refractivity contribution in [3.63, 3.8) is 0 Å². The van der Waals surface area contributed by atoms with Gasteiger partial charge < -0.3 is 41.4 Å². The maximum absolute atomic E-state index is 12.7. The first-order valence-electron chi connectivity index (χ1n) is 21.5. The minimum absolute atomic E-state index is 0.0271. The highest BCUT2D eigenvalue weighted by molar-refractivity contribution is 9.09. The second-order valence-electron chi connectivity index (χ2n) is 15.7. The van der Waals surface area contributed by atoms with E-state index in [2.05, 4.69) is 73.1 Å². The van der Waals surface area contributed by atoms with Gasteiger partial charge in [0.2, 0.25) is 11.8 Å². The highest BCUT2D eigenvalue weighted by atomic mass is 79.9. The average Bonchev–Trinajstić information content (AvgIpc) is 4.28. The van der Waals surface area contributed by atoms with Crippen molar-refractivity contribution in [3.8, 4) is 34.0 Å². The van der Waals surface area contributed by atoms with E-state index in [0.717, 1.165) is 41.6 Å². The average molecular weight is 1060 g/mol. The monoisotopic (exact) mass is 1060 g/mol. The molecule has 0 radical (unpaired) electrons. The number of nitrogens with one attached hydrogen (secondary N) is 7. The number of methoxy groups -OCH3 is 2. The molecule has 2 fully saturated rings. The number of nitrogens with zero attached hydrogens (tertiary/aromatic N) is 5. The Balaban J connectivity index is 0.000000210. The van der Waals surface area contributed by atoms with E-state index in [1.807, 2.05) is 24.3 Å². The standard InChI is InChI=1S/C23H23F3N6O3.C21H22N6O3.C2H2BrF3/c1-27-22(34)15-11-28-19(30-21(33)13-6-7-13)10-18(15)29-17-5-3-4-14(20(17)35-2)16-8-9-32(31-16)12-23(24,25)26;1-22-21(29)14-11-23-18(26-20(28)12-6-7-12)10-17(14)25-16-5-3-4-13(19(16)30-2)15-8-9-24-27-15;3-1-2(4,5)6/h3-5,8-11,13H,6-7,12H2,1-2H3,(H,27,34)(H2,28,29,30,33);3-5,8-12H,6-7H2,1-2H3,(H,22,29)(H,24,27)(H2,23,25,26,28);1H2. The number of rotatable bonds is 15. The molecule has 2 saturated carbocycles. The number of pyridine rings is 2. The molecule has 25 heteroatoms. The molecule has 4 amide bonds. The third kappa shape index (κ3) is 14.7. The summed E-state index contributed by atoms with van der Waals surface area (Å²) in [6.07, 6.45) is 0.691. The fourth-order valence-corrected chi connectivity index (χ4v) is 6.63. The Labute approximate surface area is 410 Å². The van der Waals surface area contributed by atoms with Gasteiger partial charge >= 0.3 is 12.4 Å². The van der Waals surface area contributed by atoms with E-state index in [4.69, 9.17) is 9.47 Å². The van der Waals surface area contributed by atoms with Crippen LogP contribution in [0.5, 0.6) is 11.5 Å². The number of ether oxygens (including phenoxy) is 2. The predicted molar refractivity (Wildman–Crippen MR) is 255 cm³/mol. The van der Waals surface area contributed by atoms with Gasteiger partial charge in [-0.05, 0) is 62.1 Å². The van der Waals surface area contributed by atoms with Gasteiger partial charge in [0.05, 0.1) is 64.8 Å². The van der Waals surface area contributed by atoms with Gasteiger partial charge in [-0.2, -0.15) is 36.5 Å². The maximum atomic E-state index is 12.7. The second kappa shape index (κ2) is 23.3. The number of halogens is 7. The Morgan fingerprint density at radius 1 is 0.704 bits per heavy atom. The Morgan fingerprint density at radius 3 is 1.59 bits per heavy atom. The van der Waals surface area contributed by atoms with E-state index in [1.54, 1.807) is 44.6 Å². The summed E-state index contributed by atoms with van der Waals surface area (Å²) in [4.78, 5) is 57.5. The number of aromatic amines is 1. The van der Waals surface area contributed by atoms with Gasteiger partial charge in [-0.3, -0.25) is 29.0 Å². The van der Waals surface area contributed by atoms with Crippen LogP contribution in [0.2, 0.25) is 0 Å². The number of anilines is 6. The Hall–Kier alpha value is -7.70. The zero-order valence-corrected chi connectivity index (χ0v) is 39.9. The molecular weight excluding hydrogens is 1010 g/mol. The second-order valence-corrected chi connectivity index (χ2v) is 16.2. The lowest BCUT2D eigenvalue weighted by Gasteiger charge is -2.17. The molecule has 2 aromatic carbocycles. The van der Waals surface area contributed by atoms with Crippen LogP contribution in [0, 0.1) is 11.8 Å². The molecular formula is C46H47BrF6N12O6. The zero-order chi connectivity index (χ0) is 51.5. The lowest BCUT2D eigenvalue weighted by Crippen LogP contribution is -2.20. The molecule has 0 saturated heterocycles. The van der Waals surface area contributed by atoms with Gasteiger partial charge in [0.25, 0.3) is 11.8 Å².